The Morgan fingerprint density at radius 1 is 1.29 bits per heavy atom. The van der Waals surface area contributed by atoms with Gasteiger partial charge in [-0.2, -0.15) is 0 Å². The lowest BCUT2D eigenvalue weighted by atomic mass is 10.0. The van der Waals surface area contributed by atoms with Gasteiger partial charge in [-0.25, -0.2) is 4.98 Å². The third-order valence-electron chi connectivity index (χ3n) is 3.19. The lowest BCUT2D eigenvalue weighted by Gasteiger charge is -2.15. The molecule has 1 aromatic heterocycles. The molecule has 0 amide bonds. The van der Waals surface area contributed by atoms with E-state index in [1.54, 1.807) is 0 Å². The van der Waals surface area contributed by atoms with Crippen LogP contribution in [0.15, 0.2) is 30.6 Å². The predicted octanol–water partition coefficient (Wildman–Crippen LogP) is 2.93. The van der Waals surface area contributed by atoms with Crippen LogP contribution in [0.25, 0.3) is 5.69 Å². The molecule has 2 rings (SSSR count). The third-order valence-corrected chi connectivity index (χ3v) is 3.19. The number of aliphatic hydroxyl groups is 1. The molecular formula is C14H18N2O. The molecule has 0 aliphatic heterocycles. The lowest BCUT2D eigenvalue weighted by molar-refractivity contribution is 0.173. The van der Waals surface area contributed by atoms with E-state index in [-0.39, 0.29) is 0 Å². The molecule has 0 spiro atoms. The molecule has 0 saturated carbocycles. The average molecular weight is 230 g/mol. The van der Waals surface area contributed by atoms with Crippen LogP contribution in [0.2, 0.25) is 0 Å². The SMILES string of the molecule is CC[C@H](O)c1ccccc1-n1cnc(C)c1C. The molecule has 0 aliphatic rings. The van der Waals surface area contributed by atoms with Gasteiger partial charge in [0.25, 0.3) is 0 Å². The first-order valence-corrected chi connectivity index (χ1v) is 5.93. The Morgan fingerprint density at radius 3 is 2.59 bits per heavy atom. The van der Waals surface area contributed by atoms with Crippen LogP contribution in [0, 0.1) is 13.8 Å². The minimum absolute atomic E-state index is 0.423. The van der Waals surface area contributed by atoms with E-state index < -0.39 is 6.10 Å². The minimum Gasteiger partial charge on any atom is -0.388 e. The molecule has 1 heterocycles. The van der Waals surface area contributed by atoms with E-state index in [0.717, 1.165) is 22.6 Å². The van der Waals surface area contributed by atoms with Gasteiger partial charge in [-0.3, -0.25) is 0 Å². The zero-order valence-corrected chi connectivity index (χ0v) is 10.5. The van der Waals surface area contributed by atoms with Crippen LogP contribution in [0.3, 0.4) is 0 Å². The fraction of sp³-hybridized carbons (Fsp3) is 0.357. The highest BCUT2D eigenvalue weighted by atomic mass is 16.3. The fourth-order valence-corrected chi connectivity index (χ4v) is 1.95. The van der Waals surface area contributed by atoms with Crippen LogP contribution in [0.4, 0.5) is 0 Å². The zero-order chi connectivity index (χ0) is 12.4. The molecule has 3 heteroatoms. The van der Waals surface area contributed by atoms with Crippen LogP contribution in [-0.4, -0.2) is 14.7 Å². The number of para-hydroxylation sites is 1. The van der Waals surface area contributed by atoms with E-state index in [1.165, 1.54) is 0 Å². The lowest BCUT2D eigenvalue weighted by Crippen LogP contribution is -2.04. The van der Waals surface area contributed by atoms with Crippen molar-refractivity contribution >= 4 is 0 Å². The van der Waals surface area contributed by atoms with Crippen molar-refractivity contribution in [3.05, 3.63) is 47.5 Å². The number of hydrogen-bond donors (Lipinski definition) is 1. The molecule has 1 atom stereocenters. The number of nitrogens with zero attached hydrogens (tertiary/aromatic N) is 2. The van der Waals surface area contributed by atoms with Gasteiger partial charge < -0.3 is 9.67 Å². The van der Waals surface area contributed by atoms with Crippen molar-refractivity contribution in [2.45, 2.75) is 33.3 Å². The van der Waals surface area contributed by atoms with Gasteiger partial charge in [-0.1, -0.05) is 25.1 Å². The summed E-state index contributed by atoms with van der Waals surface area (Å²) in [4.78, 5) is 4.30. The molecule has 3 nitrogen and oxygen atoms in total. The Bertz CT molecular complexity index is 517. The van der Waals surface area contributed by atoms with Crippen molar-refractivity contribution in [3.63, 3.8) is 0 Å². The summed E-state index contributed by atoms with van der Waals surface area (Å²) in [6.45, 7) is 6.01. The average Bonchev–Trinajstić information content (AvgIpc) is 2.69. The normalized spacial score (nSPS) is 12.7. The molecule has 17 heavy (non-hydrogen) atoms. The molecular weight excluding hydrogens is 212 g/mol. The topological polar surface area (TPSA) is 38.0 Å². The molecule has 1 N–H and O–H groups in total. The number of benzene rings is 1. The summed E-state index contributed by atoms with van der Waals surface area (Å²) >= 11 is 0. The summed E-state index contributed by atoms with van der Waals surface area (Å²) in [6, 6.07) is 7.92. The Hall–Kier alpha value is -1.61. The largest absolute Gasteiger partial charge is 0.388 e. The molecule has 90 valence electrons. The molecule has 0 bridgehead atoms. The number of aliphatic hydroxyl groups excluding tert-OH is 1. The van der Waals surface area contributed by atoms with Gasteiger partial charge in [-0.05, 0) is 26.3 Å². The van der Waals surface area contributed by atoms with Crippen LogP contribution in [0.5, 0.6) is 0 Å². The Kier molecular flexibility index (Phi) is 3.29. The standard InChI is InChI=1S/C14H18N2O/c1-4-14(17)12-7-5-6-8-13(12)16-9-15-10(2)11(16)3/h5-9,14,17H,4H2,1-3H3/t14-/m0/s1. The smallest absolute Gasteiger partial charge is 0.0997 e. The molecule has 0 aliphatic carbocycles. The van der Waals surface area contributed by atoms with Crippen LogP contribution in [0.1, 0.15) is 36.4 Å². The Labute approximate surface area is 102 Å². The minimum atomic E-state index is -0.423. The van der Waals surface area contributed by atoms with E-state index in [0.29, 0.717) is 6.42 Å². The number of hydrogen-bond acceptors (Lipinski definition) is 2. The molecule has 0 saturated heterocycles. The monoisotopic (exact) mass is 230 g/mol. The zero-order valence-electron chi connectivity index (χ0n) is 10.5. The molecule has 1 aromatic carbocycles. The second kappa shape index (κ2) is 4.72. The highest BCUT2D eigenvalue weighted by molar-refractivity contribution is 5.44. The summed E-state index contributed by atoms with van der Waals surface area (Å²) in [6.07, 6.45) is 2.10. The number of rotatable bonds is 3. The maximum absolute atomic E-state index is 10.0. The number of aromatic nitrogens is 2. The van der Waals surface area contributed by atoms with E-state index in [4.69, 9.17) is 0 Å². The summed E-state index contributed by atoms with van der Waals surface area (Å²) in [5.74, 6) is 0. The van der Waals surface area contributed by atoms with Gasteiger partial charge in [0.15, 0.2) is 0 Å². The van der Waals surface area contributed by atoms with Gasteiger partial charge in [-0.15, -0.1) is 0 Å². The van der Waals surface area contributed by atoms with Crippen LogP contribution >= 0.6 is 0 Å². The van der Waals surface area contributed by atoms with Gasteiger partial charge in [0.1, 0.15) is 0 Å². The Morgan fingerprint density at radius 2 is 2.00 bits per heavy atom. The van der Waals surface area contributed by atoms with Crippen molar-refractivity contribution in [1.29, 1.82) is 0 Å². The van der Waals surface area contributed by atoms with Gasteiger partial charge in [0, 0.05) is 11.3 Å². The highest BCUT2D eigenvalue weighted by Crippen LogP contribution is 2.25. The third kappa shape index (κ3) is 2.11. The molecule has 0 fully saturated rings. The summed E-state index contributed by atoms with van der Waals surface area (Å²) in [5, 5.41) is 10.0. The maximum Gasteiger partial charge on any atom is 0.0997 e. The second-order valence-electron chi connectivity index (χ2n) is 4.27. The first-order valence-electron chi connectivity index (χ1n) is 5.93. The highest BCUT2D eigenvalue weighted by Gasteiger charge is 2.13. The van der Waals surface area contributed by atoms with Crippen molar-refractivity contribution in [2.24, 2.45) is 0 Å². The summed E-state index contributed by atoms with van der Waals surface area (Å²) in [7, 11) is 0. The second-order valence-corrected chi connectivity index (χ2v) is 4.27. The first-order chi connectivity index (χ1) is 8.15. The fourth-order valence-electron chi connectivity index (χ4n) is 1.95. The molecule has 0 radical (unpaired) electrons. The molecule has 0 unspecified atom stereocenters. The van der Waals surface area contributed by atoms with Crippen molar-refractivity contribution in [1.82, 2.24) is 9.55 Å². The van der Waals surface area contributed by atoms with Crippen LogP contribution < -0.4 is 0 Å². The Balaban J connectivity index is 2.56. The molecule has 2 aromatic rings. The van der Waals surface area contributed by atoms with Gasteiger partial charge >= 0.3 is 0 Å². The van der Waals surface area contributed by atoms with Crippen molar-refractivity contribution in [3.8, 4) is 5.69 Å². The summed E-state index contributed by atoms with van der Waals surface area (Å²) in [5.41, 5.74) is 4.10. The van der Waals surface area contributed by atoms with Crippen LogP contribution in [-0.2, 0) is 0 Å². The first kappa shape index (κ1) is 11.9. The predicted molar refractivity (Wildman–Crippen MR) is 68.3 cm³/mol. The van der Waals surface area contributed by atoms with E-state index in [1.807, 2.05) is 55.9 Å². The van der Waals surface area contributed by atoms with Crippen molar-refractivity contribution < 1.29 is 5.11 Å². The summed E-state index contributed by atoms with van der Waals surface area (Å²) < 4.78 is 2.03. The quantitative estimate of drug-likeness (QED) is 0.880. The van der Waals surface area contributed by atoms with E-state index in [2.05, 4.69) is 4.98 Å². The number of imidazole rings is 1. The van der Waals surface area contributed by atoms with Gasteiger partial charge in [0.05, 0.1) is 23.8 Å². The van der Waals surface area contributed by atoms with Crippen molar-refractivity contribution in [2.75, 3.05) is 0 Å². The van der Waals surface area contributed by atoms with Gasteiger partial charge in [0.2, 0.25) is 0 Å². The number of aryl methyl sites for hydroxylation is 1. The maximum atomic E-state index is 10.0. The van der Waals surface area contributed by atoms with E-state index >= 15 is 0 Å². The van der Waals surface area contributed by atoms with E-state index in [9.17, 15) is 5.11 Å².